The summed E-state index contributed by atoms with van der Waals surface area (Å²) in [5.41, 5.74) is 1.83. The highest BCUT2D eigenvalue weighted by atomic mass is 35.5. The fourth-order valence-electron chi connectivity index (χ4n) is 2.53. The number of aliphatic hydroxyl groups is 1. The van der Waals surface area contributed by atoms with Crippen molar-refractivity contribution in [2.75, 3.05) is 12.4 Å². The summed E-state index contributed by atoms with van der Waals surface area (Å²) in [4.78, 5) is 0.368. The van der Waals surface area contributed by atoms with E-state index in [0.717, 1.165) is 5.69 Å². The van der Waals surface area contributed by atoms with Gasteiger partial charge in [0.25, 0.3) is 5.70 Å². The Morgan fingerprint density at radius 2 is 1.74 bits per heavy atom. The molecule has 0 spiro atoms. The second-order valence-electron chi connectivity index (χ2n) is 5.67. The molecular formula is C21H18ClN2O2S+. The van der Waals surface area contributed by atoms with E-state index in [-0.39, 0.29) is 5.76 Å². The van der Waals surface area contributed by atoms with Crippen LogP contribution in [0.15, 0.2) is 79.1 Å². The van der Waals surface area contributed by atoms with Crippen LogP contribution in [0.4, 0.5) is 5.69 Å². The molecule has 0 unspecified atom stereocenters. The summed E-state index contributed by atoms with van der Waals surface area (Å²) in [6.45, 7) is 0. The lowest BCUT2D eigenvalue weighted by Gasteiger charge is -2.11. The minimum atomic E-state index is 0.0447. The summed E-state index contributed by atoms with van der Waals surface area (Å²) < 4.78 is 7.01. The van der Waals surface area contributed by atoms with Gasteiger partial charge in [-0.3, -0.25) is 0 Å². The van der Waals surface area contributed by atoms with E-state index in [4.69, 9.17) is 28.6 Å². The van der Waals surface area contributed by atoms with E-state index < -0.39 is 0 Å². The third-order valence-corrected chi connectivity index (χ3v) is 4.41. The van der Waals surface area contributed by atoms with Crippen molar-refractivity contribution in [1.82, 2.24) is 0 Å². The van der Waals surface area contributed by atoms with E-state index in [2.05, 4.69) is 5.32 Å². The zero-order chi connectivity index (χ0) is 19.2. The SMILES string of the molecule is COc1cccc(NC(=S)/C(=C(\O)c2ccc(Cl)cc2)[n+]2ccccc2)c1. The molecule has 0 aliphatic heterocycles. The molecule has 0 radical (unpaired) electrons. The van der Waals surface area contributed by atoms with Gasteiger partial charge in [-0.05, 0) is 36.4 Å². The normalized spacial score (nSPS) is 11.5. The Balaban J connectivity index is 2.03. The molecule has 3 aromatic rings. The van der Waals surface area contributed by atoms with Crippen molar-refractivity contribution < 1.29 is 14.4 Å². The van der Waals surface area contributed by atoms with Crippen molar-refractivity contribution in [2.24, 2.45) is 0 Å². The molecule has 0 saturated carbocycles. The number of methoxy groups -OCH3 is 1. The van der Waals surface area contributed by atoms with Crippen LogP contribution < -0.4 is 14.6 Å². The number of hydrogen-bond donors (Lipinski definition) is 2. The summed E-state index contributed by atoms with van der Waals surface area (Å²) in [5, 5.41) is 14.7. The quantitative estimate of drug-likeness (QED) is 0.276. The summed E-state index contributed by atoms with van der Waals surface area (Å²) in [7, 11) is 1.61. The average molecular weight is 398 g/mol. The largest absolute Gasteiger partial charge is 0.502 e. The van der Waals surface area contributed by atoms with Crippen molar-refractivity contribution in [3.8, 4) is 5.75 Å². The molecule has 2 aromatic carbocycles. The van der Waals surface area contributed by atoms with E-state index in [1.807, 2.05) is 54.9 Å². The van der Waals surface area contributed by atoms with Crippen LogP contribution >= 0.6 is 23.8 Å². The Morgan fingerprint density at radius 3 is 2.41 bits per heavy atom. The van der Waals surface area contributed by atoms with E-state index in [0.29, 0.717) is 27.0 Å². The van der Waals surface area contributed by atoms with Crippen LogP contribution in [-0.4, -0.2) is 17.2 Å². The molecule has 4 nitrogen and oxygen atoms in total. The first kappa shape index (κ1) is 18.9. The van der Waals surface area contributed by atoms with Crippen molar-refractivity contribution in [2.45, 2.75) is 0 Å². The number of benzene rings is 2. The van der Waals surface area contributed by atoms with Gasteiger partial charge in [0, 0.05) is 34.5 Å². The summed E-state index contributed by atoms with van der Waals surface area (Å²) in [6.07, 6.45) is 3.64. The molecule has 0 saturated heterocycles. The predicted octanol–water partition coefficient (Wildman–Crippen LogP) is 4.96. The Kier molecular flexibility index (Phi) is 6.06. The number of halogens is 1. The van der Waals surface area contributed by atoms with Crippen LogP contribution in [0.5, 0.6) is 5.75 Å². The van der Waals surface area contributed by atoms with Gasteiger partial charge in [0.1, 0.15) is 5.75 Å². The first-order valence-electron chi connectivity index (χ1n) is 8.20. The van der Waals surface area contributed by atoms with Crippen molar-refractivity contribution in [1.29, 1.82) is 0 Å². The maximum Gasteiger partial charge on any atom is 0.288 e. The maximum atomic E-state index is 10.9. The van der Waals surface area contributed by atoms with E-state index in [1.54, 1.807) is 35.9 Å². The highest BCUT2D eigenvalue weighted by Crippen LogP contribution is 2.22. The number of nitrogens with zero attached hydrogens (tertiary/aromatic N) is 1. The molecular weight excluding hydrogens is 380 g/mol. The molecule has 0 amide bonds. The zero-order valence-electron chi connectivity index (χ0n) is 14.6. The Hall–Kier alpha value is -2.89. The summed E-state index contributed by atoms with van der Waals surface area (Å²) in [5.74, 6) is 0.755. The van der Waals surface area contributed by atoms with Crippen LogP contribution in [0.3, 0.4) is 0 Å². The van der Waals surface area contributed by atoms with Gasteiger partial charge in [0.15, 0.2) is 23.1 Å². The van der Waals surface area contributed by atoms with Gasteiger partial charge in [0.2, 0.25) is 0 Å². The number of nitrogens with one attached hydrogen (secondary N) is 1. The Labute approximate surface area is 168 Å². The van der Waals surface area contributed by atoms with Crippen LogP contribution in [0.1, 0.15) is 5.56 Å². The number of hydrogen-bond acceptors (Lipinski definition) is 3. The number of pyridine rings is 1. The molecule has 0 aliphatic carbocycles. The number of aromatic nitrogens is 1. The molecule has 3 rings (SSSR count). The molecule has 136 valence electrons. The molecule has 0 aliphatic rings. The predicted molar refractivity (Wildman–Crippen MR) is 113 cm³/mol. The minimum absolute atomic E-state index is 0.0447. The molecule has 2 N–H and O–H groups in total. The lowest BCUT2D eigenvalue weighted by Crippen LogP contribution is -2.38. The lowest BCUT2D eigenvalue weighted by molar-refractivity contribution is -0.575. The Morgan fingerprint density at radius 1 is 1.04 bits per heavy atom. The van der Waals surface area contributed by atoms with Crippen molar-refractivity contribution >= 4 is 46.0 Å². The Bertz CT molecular complexity index is 973. The molecule has 0 atom stereocenters. The first-order chi connectivity index (χ1) is 13.1. The average Bonchev–Trinajstić information content (AvgIpc) is 2.69. The molecule has 1 heterocycles. The third-order valence-electron chi connectivity index (χ3n) is 3.86. The second-order valence-corrected chi connectivity index (χ2v) is 6.52. The van der Waals surface area contributed by atoms with Gasteiger partial charge >= 0.3 is 0 Å². The second kappa shape index (κ2) is 8.66. The molecule has 6 heteroatoms. The van der Waals surface area contributed by atoms with Gasteiger partial charge < -0.3 is 15.2 Å². The topological polar surface area (TPSA) is 45.4 Å². The van der Waals surface area contributed by atoms with Crippen LogP contribution in [0.2, 0.25) is 5.02 Å². The van der Waals surface area contributed by atoms with Crippen molar-refractivity contribution in [3.63, 3.8) is 0 Å². The lowest BCUT2D eigenvalue weighted by atomic mass is 10.1. The molecule has 0 fully saturated rings. The van der Waals surface area contributed by atoms with Gasteiger partial charge in [-0.25, -0.2) is 0 Å². The highest BCUT2D eigenvalue weighted by Gasteiger charge is 2.23. The molecule has 1 aromatic heterocycles. The standard InChI is InChI=1S/C21H17ClN2O2S/c1-26-18-7-5-6-17(14-18)23-21(27)19(24-12-3-2-4-13-24)20(25)15-8-10-16(22)11-9-15/h2-14H,1H3,(H-,23,25,27)/p+1. The number of rotatable bonds is 5. The van der Waals surface area contributed by atoms with Crippen LogP contribution in [0, 0.1) is 0 Å². The van der Waals surface area contributed by atoms with Crippen LogP contribution in [-0.2, 0) is 0 Å². The number of anilines is 1. The molecule has 27 heavy (non-hydrogen) atoms. The number of ether oxygens (including phenoxy) is 1. The summed E-state index contributed by atoms with van der Waals surface area (Å²) in [6, 6.07) is 20.0. The zero-order valence-corrected chi connectivity index (χ0v) is 16.2. The van der Waals surface area contributed by atoms with Gasteiger partial charge in [-0.15, -0.1) is 0 Å². The number of aliphatic hydroxyl groups excluding tert-OH is 1. The minimum Gasteiger partial charge on any atom is -0.502 e. The number of thiocarbonyl (C=S) groups is 1. The van der Waals surface area contributed by atoms with E-state index in [9.17, 15) is 5.11 Å². The fourth-order valence-corrected chi connectivity index (χ4v) is 2.98. The van der Waals surface area contributed by atoms with Crippen LogP contribution in [0.25, 0.3) is 11.5 Å². The molecule has 0 bridgehead atoms. The monoisotopic (exact) mass is 397 g/mol. The van der Waals surface area contributed by atoms with Gasteiger partial charge in [-0.2, -0.15) is 4.57 Å². The fraction of sp³-hybridized carbons (Fsp3) is 0.0476. The summed E-state index contributed by atoms with van der Waals surface area (Å²) >= 11 is 11.6. The maximum absolute atomic E-state index is 10.9. The van der Waals surface area contributed by atoms with E-state index in [1.165, 1.54) is 0 Å². The van der Waals surface area contributed by atoms with Gasteiger partial charge in [0.05, 0.1) is 7.11 Å². The smallest absolute Gasteiger partial charge is 0.288 e. The van der Waals surface area contributed by atoms with Gasteiger partial charge in [-0.1, -0.05) is 36.0 Å². The third kappa shape index (κ3) is 4.64. The van der Waals surface area contributed by atoms with E-state index >= 15 is 0 Å². The first-order valence-corrected chi connectivity index (χ1v) is 8.98. The highest BCUT2D eigenvalue weighted by molar-refractivity contribution is 7.81. The van der Waals surface area contributed by atoms with Crippen molar-refractivity contribution in [3.05, 3.63) is 89.7 Å².